The quantitative estimate of drug-likeness (QED) is 0.516. The molecule has 168 valence electrons. The van der Waals surface area contributed by atoms with Crippen molar-refractivity contribution < 1.29 is 22.7 Å². The van der Waals surface area contributed by atoms with Crippen molar-refractivity contribution in [3.63, 3.8) is 0 Å². The minimum atomic E-state index is -4.58. The number of halogens is 3. The van der Waals surface area contributed by atoms with Gasteiger partial charge in [0, 0.05) is 11.5 Å². The van der Waals surface area contributed by atoms with Crippen LogP contribution in [0.4, 0.5) is 13.2 Å². The summed E-state index contributed by atoms with van der Waals surface area (Å²) in [5.41, 5.74) is 0.683. The number of hydrogen-bond acceptors (Lipinski definition) is 3. The Morgan fingerprint density at radius 2 is 1.75 bits per heavy atom. The fourth-order valence-electron chi connectivity index (χ4n) is 5.03. The summed E-state index contributed by atoms with van der Waals surface area (Å²) in [6.07, 6.45) is 2.53. The molecule has 1 fully saturated rings. The lowest BCUT2D eigenvalue weighted by Gasteiger charge is -2.30. The molecule has 3 nitrogen and oxygen atoms in total. The van der Waals surface area contributed by atoms with Gasteiger partial charge in [-0.1, -0.05) is 24.3 Å². The van der Waals surface area contributed by atoms with E-state index in [2.05, 4.69) is 0 Å². The number of nitrogens with zero attached hydrogens (tertiary/aromatic N) is 1. The first kappa shape index (κ1) is 22.4. The van der Waals surface area contributed by atoms with Crippen LogP contribution in [0, 0.1) is 23.2 Å². The summed E-state index contributed by atoms with van der Waals surface area (Å²) in [7, 11) is 0. The highest BCUT2D eigenvalue weighted by Gasteiger charge is 2.34. The molecule has 2 aliphatic carbocycles. The topological polar surface area (TPSA) is 50.1 Å². The molecule has 0 bridgehead atoms. The van der Waals surface area contributed by atoms with E-state index in [9.17, 15) is 18.0 Å². The standard InChI is InChI=1S/C26H26F3NO2/c27-26(28,29)24-15-22(14-11-20(24)16-30)32-21-12-6-17(7-13-21)5-8-19-10-9-18-3-1-2-4-23(18)25(19)31/h1-4,11,14-15,17,19,21H,5-10,12-13H2. The average Bonchev–Trinajstić information content (AvgIpc) is 2.79. The summed E-state index contributed by atoms with van der Waals surface area (Å²) < 4.78 is 45.3. The van der Waals surface area contributed by atoms with E-state index in [0.717, 1.165) is 68.6 Å². The number of benzene rings is 2. The van der Waals surface area contributed by atoms with Gasteiger partial charge in [0.25, 0.3) is 0 Å². The molecule has 0 saturated heterocycles. The Kier molecular flexibility index (Phi) is 6.55. The number of nitriles is 1. The summed E-state index contributed by atoms with van der Waals surface area (Å²) in [6.45, 7) is 0. The third-order valence-corrected chi connectivity index (χ3v) is 6.85. The van der Waals surface area contributed by atoms with Crippen molar-refractivity contribution in [3.8, 4) is 11.8 Å². The number of hydrogen-bond donors (Lipinski definition) is 0. The number of ether oxygens (including phenoxy) is 1. The van der Waals surface area contributed by atoms with Gasteiger partial charge in [-0.2, -0.15) is 18.4 Å². The molecule has 1 unspecified atom stereocenters. The highest BCUT2D eigenvalue weighted by atomic mass is 19.4. The van der Waals surface area contributed by atoms with Crippen LogP contribution in [0.1, 0.15) is 72.0 Å². The van der Waals surface area contributed by atoms with Gasteiger partial charge < -0.3 is 4.74 Å². The van der Waals surface area contributed by atoms with E-state index in [1.807, 2.05) is 24.3 Å². The van der Waals surface area contributed by atoms with E-state index < -0.39 is 17.3 Å². The maximum absolute atomic E-state index is 13.2. The molecule has 0 aliphatic heterocycles. The van der Waals surface area contributed by atoms with Crippen LogP contribution in [-0.2, 0) is 12.6 Å². The van der Waals surface area contributed by atoms with E-state index in [1.165, 1.54) is 12.1 Å². The van der Waals surface area contributed by atoms with Crippen molar-refractivity contribution in [3.05, 3.63) is 64.7 Å². The summed E-state index contributed by atoms with van der Waals surface area (Å²) in [5, 5.41) is 8.92. The van der Waals surface area contributed by atoms with Gasteiger partial charge in [0.05, 0.1) is 23.3 Å². The molecule has 32 heavy (non-hydrogen) atoms. The van der Waals surface area contributed by atoms with Crippen molar-refractivity contribution in [2.75, 3.05) is 0 Å². The fraction of sp³-hybridized carbons (Fsp3) is 0.462. The predicted molar refractivity (Wildman–Crippen MR) is 114 cm³/mol. The lowest BCUT2D eigenvalue weighted by molar-refractivity contribution is -0.137. The molecule has 1 saturated carbocycles. The molecule has 0 amide bonds. The molecule has 6 heteroatoms. The number of carbonyl (C=O) groups excluding carboxylic acids is 1. The normalized spacial score (nSPS) is 23.3. The van der Waals surface area contributed by atoms with E-state index in [1.54, 1.807) is 6.07 Å². The van der Waals surface area contributed by atoms with Crippen molar-refractivity contribution in [1.29, 1.82) is 5.26 Å². The monoisotopic (exact) mass is 441 g/mol. The van der Waals surface area contributed by atoms with Crippen molar-refractivity contribution >= 4 is 5.78 Å². The number of rotatable bonds is 5. The van der Waals surface area contributed by atoms with Crippen LogP contribution < -0.4 is 4.74 Å². The minimum absolute atomic E-state index is 0.0957. The van der Waals surface area contributed by atoms with Gasteiger partial charge in [-0.25, -0.2) is 0 Å². The zero-order chi connectivity index (χ0) is 22.7. The second-order valence-corrected chi connectivity index (χ2v) is 8.91. The van der Waals surface area contributed by atoms with Gasteiger partial charge in [0.1, 0.15) is 5.75 Å². The van der Waals surface area contributed by atoms with Crippen LogP contribution in [-0.4, -0.2) is 11.9 Å². The Hall–Kier alpha value is -2.81. The largest absolute Gasteiger partial charge is 0.490 e. The average molecular weight is 441 g/mol. The molecule has 0 aromatic heterocycles. The highest BCUT2D eigenvalue weighted by Crippen LogP contribution is 2.37. The van der Waals surface area contributed by atoms with Crippen LogP contribution in [0.15, 0.2) is 42.5 Å². The predicted octanol–water partition coefficient (Wildman–Crippen LogP) is 6.74. The zero-order valence-electron chi connectivity index (χ0n) is 17.8. The summed E-state index contributed by atoms with van der Waals surface area (Å²) in [6, 6.07) is 13.0. The van der Waals surface area contributed by atoms with E-state index >= 15 is 0 Å². The van der Waals surface area contributed by atoms with Gasteiger partial charge in [0.15, 0.2) is 5.78 Å². The molecule has 2 aromatic carbocycles. The SMILES string of the molecule is N#Cc1ccc(OC2CCC(CCC3CCc4ccccc4C3=O)CC2)cc1C(F)(F)F. The Morgan fingerprint density at radius 3 is 2.47 bits per heavy atom. The number of carbonyl (C=O) groups is 1. The second kappa shape index (κ2) is 9.36. The summed E-state index contributed by atoms with van der Waals surface area (Å²) >= 11 is 0. The first-order valence-electron chi connectivity index (χ1n) is 11.2. The highest BCUT2D eigenvalue weighted by molar-refractivity contribution is 6.00. The minimum Gasteiger partial charge on any atom is -0.490 e. The van der Waals surface area contributed by atoms with Crippen LogP contribution >= 0.6 is 0 Å². The molecule has 1 atom stereocenters. The number of alkyl halides is 3. The number of ketones is 1. The number of aryl methyl sites for hydroxylation is 1. The zero-order valence-corrected chi connectivity index (χ0v) is 17.8. The van der Waals surface area contributed by atoms with E-state index in [0.29, 0.717) is 5.92 Å². The van der Waals surface area contributed by atoms with Gasteiger partial charge >= 0.3 is 6.18 Å². The maximum Gasteiger partial charge on any atom is 0.417 e. The Balaban J connectivity index is 1.27. The van der Waals surface area contributed by atoms with Crippen molar-refractivity contribution in [2.45, 2.75) is 63.6 Å². The molecule has 0 spiro atoms. The maximum atomic E-state index is 13.2. The first-order valence-corrected chi connectivity index (χ1v) is 11.2. The van der Waals surface area contributed by atoms with Crippen LogP contribution in [0.3, 0.4) is 0 Å². The Morgan fingerprint density at radius 1 is 1.00 bits per heavy atom. The molecule has 0 heterocycles. The van der Waals surface area contributed by atoms with Gasteiger partial charge in [-0.05, 0) is 81.0 Å². The molecule has 2 aromatic rings. The fourth-order valence-corrected chi connectivity index (χ4v) is 5.03. The van der Waals surface area contributed by atoms with Gasteiger partial charge in [0.2, 0.25) is 0 Å². The van der Waals surface area contributed by atoms with Crippen molar-refractivity contribution in [2.24, 2.45) is 11.8 Å². The second-order valence-electron chi connectivity index (χ2n) is 8.91. The number of fused-ring (bicyclic) bond motifs is 1. The molecular formula is C26H26F3NO2. The Bertz CT molecular complexity index is 1020. The Labute approximate surface area is 186 Å². The molecule has 0 N–H and O–H groups in total. The molecule has 0 radical (unpaired) electrons. The van der Waals surface area contributed by atoms with Gasteiger partial charge in [-0.3, -0.25) is 4.79 Å². The summed E-state index contributed by atoms with van der Waals surface area (Å²) in [4.78, 5) is 12.8. The third-order valence-electron chi connectivity index (χ3n) is 6.85. The molecule has 2 aliphatic rings. The van der Waals surface area contributed by atoms with Crippen molar-refractivity contribution in [1.82, 2.24) is 0 Å². The summed E-state index contributed by atoms with van der Waals surface area (Å²) in [5.74, 6) is 1.04. The molecular weight excluding hydrogens is 415 g/mol. The third kappa shape index (κ3) is 4.98. The van der Waals surface area contributed by atoms with Gasteiger partial charge in [-0.15, -0.1) is 0 Å². The van der Waals surface area contributed by atoms with E-state index in [-0.39, 0.29) is 23.6 Å². The molecule has 4 rings (SSSR count). The first-order chi connectivity index (χ1) is 15.3. The lowest BCUT2D eigenvalue weighted by atomic mass is 9.77. The number of Topliss-reactive ketones (excluding diaryl/α,β-unsaturated/α-hetero) is 1. The van der Waals surface area contributed by atoms with Crippen LogP contribution in [0.2, 0.25) is 0 Å². The van der Waals surface area contributed by atoms with Crippen LogP contribution in [0.25, 0.3) is 0 Å². The lowest BCUT2D eigenvalue weighted by Crippen LogP contribution is -2.26. The smallest absolute Gasteiger partial charge is 0.417 e. The van der Waals surface area contributed by atoms with Crippen LogP contribution in [0.5, 0.6) is 5.75 Å². The van der Waals surface area contributed by atoms with E-state index in [4.69, 9.17) is 10.00 Å².